The average Bonchev–Trinajstić information content (AvgIpc) is 3.28. The molecule has 9 nitrogen and oxygen atoms in total. The van der Waals surface area contributed by atoms with Gasteiger partial charge in [-0.3, -0.25) is 29.8 Å². The van der Waals surface area contributed by atoms with Gasteiger partial charge < -0.3 is 0 Å². The van der Waals surface area contributed by atoms with Crippen LogP contribution in [0.25, 0.3) is 0 Å². The fourth-order valence-corrected chi connectivity index (χ4v) is 3.40. The van der Waals surface area contributed by atoms with Crippen LogP contribution in [0.3, 0.4) is 0 Å². The number of aromatic nitrogens is 1. The number of fused-ring (bicyclic) bond motifs is 1. The highest BCUT2D eigenvalue weighted by Gasteiger charge is 2.39. The van der Waals surface area contributed by atoms with Crippen LogP contribution in [0, 0.1) is 10.1 Å². The van der Waals surface area contributed by atoms with Gasteiger partial charge in [0, 0.05) is 23.7 Å². The third kappa shape index (κ3) is 2.81. The minimum atomic E-state index is -0.724. The summed E-state index contributed by atoms with van der Waals surface area (Å²) in [6, 6.07) is 9.59. The minimum Gasteiger partial charge on any atom is -0.298 e. The summed E-state index contributed by atoms with van der Waals surface area (Å²) in [5, 5.41) is 15.6. The molecular weight excluding hydrogens is 384 g/mol. The Morgan fingerprint density at radius 2 is 1.86 bits per heavy atom. The molecule has 1 aliphatic heterocycles. The highest BCUT2D eigenvalue weighted by Crippen LogP contribution is 2.33. The monoisotopic (exact) mass is 394 g/mol. The van der Waals surface area contributed by atoms with Crippen LogP contribution in [0.4, 0.5) is 16.5 Å². The molecule has 0 saturated heterocycles. The smallest absolute Gasteiger partial charge is 0.270 e. The second-order valence-corrected chi connectivity index (χ2v) is 6.64. The van der Waals surface area contributed by atoms with Crippen LogP contribution in [0.5, 0.6) is 0 Å². The zero-order valence-corrected chi connectivity index (χ0v) is 14.8. The molecule has 28 heavy (non-hydrogen) atoms. The zero-order valence-electron chi connectivity index (χ0n) is 14.0. The third-order valence-corrected chi connectivity index (χ3v) is 4.81. The molecule has 1 N–H and O–H groups in total. The van der Waals surface area contributed by atoms with E-state index in [-0.39, 0.29) is 28.1 Å². The number of nitrogens with one attached hydrogen (secondary N) is 1. The lowest BCUT2D eigenvalue weighted by molar-refractivity contribution is -0.384. The number of nitrogens with zero attached hydrogens (tertiary/aromatic N) is 3. The average molecular weight is 394 g/mol. The van der Waals surface area contributed by atoms with E-state index in [4.69, 9.17) is 0 Å². The SMILES string of the molecule is O=C(Nc1nccs1)c1ccccc1N1C(=O)c2ccc([N+](=O)[O-])cc2C1=O. The molecule has 0 aliphatic carbocycles. The second-order valence-electron chi connectivity index (χ2n) is 5.74. The first-order valence-electron chi connectivity index (χ1n) is 7.94. The first kappa shape index (κ1) is 17.5. The van der Waals surface area contributed by atoms with Crippen LogP contribution < -0.4 is 10.2 Å². The van der Waals surface area contributed by atoms with Crippen molar-refractivity contribution in [3.05, 3.63) is 80.8 Å². The van der Waals surface area contributed by atoms with Gasteiger partial charge in [0.15, 0.2) is 5.13 Å². The number of rotatable bonds is 4. The highest BCUT2D eigenvalue weighted by atomic mass is 32.1. The molecule has 0 fully saturated rings. The molecule has 1 aliphatic rings. The summed E-state index contributed by atoms with van der Waals surface area (Å²) >= 11 is 1.22. The van der Waals surface area contributed by atoms with Crippen LogP contribution in [0.1, 0.15) is 31.1 Å². The standard InChI is InChI=1S/C18H10N4O5S/c23-15(20-18-19-7-8-28-18)12-3-1-2-4-14(12)21-16(24)11-6-5-10(22(26)27)9-13(11)17(21)25/h1-9H,(H,19,20,23). The van der Waals surface area contributed by atoms with Gasteiger partial charge in [-0.25, -0.2) is 9.88 Å². The van der Waals surface area contributed by atoms with Crippen LogP contribution in [-0.4, -0.2) is 27.6 Å². The van der Waals surface area contributed by atoms with Crippen molar-refractivity contribution in [3.63, 3.8) is 0 Å². The van der Waals surface area contributed by atoms with Crippen LogP contribution in [-0.2, 0) is 0 Å². The Labute approximate surface area is 161 Å². The lowest BCUT2D eigenvalue weighted by Crippen LogP contribution is -2.31. The van der Waals surface area contributed by atoms with Gasteiger partial charge in [-0.1, -0.05) is 12.1 Å². The van der Waals surface area contributed by atoms with Gasteiger partial charge in [0.1, 0.15) is 0 Å². The molecule has 0 bridgehead atoms. The molecule has 2 aromatic carbocycles. The summed E-state index contributed by atoms with van der Waals surface area (Å²) in [5.41, 5.74) is -0.135. The molecule has 2 heterocycles. The quantitative estimate of drug-likeness (QED) is 0.412. The number of non-ortho nitro benzene ring substituents is 1. The maximum atomic E-state index is 12.8. The van der Waals surface area contributed by atoms with E-state index in [9.17, 15) is 24.5 Å². The number of carbonyl (C=O) groups excluding carboxylic acids is 3. The van der Waals surface area contributed by atoms with E-state index in [0.29, 0.717) is 5.13 Å². The first-order chi connectivity index (χ1) is 13.5. The molecule has 10 heteroatoms. The molecule has 138 valence electrons. The van der Waals surface area contributed by atoms with Crippen molar-refractivity contribution in [3.8, 4) is 0 Å². The molecule has 3 amide bonds. The molecule has 0 spiro atoms. The summed E-state index contributed by atoms with van der Waals surface area (Å²) in [7, 11) is 0. The summed E-state index contributed by atoms with van der Waals surface area (Å²) in [6.45, 7) is 0. The number of nitro groups is 1. The number of benzene rings is 2. The largest absolute Gasteiger partial charge is 0.298 e. The number of imide groups is 1. The maximum absolute atomic E-state index is 12.8. The van der Waals surface area contributed by atoms with Gasteiger partial charge in [0.25, 0.3) is 23.4 Å². The van der Waals surface area contributed by atoms with Crippen molar-refractivity contribution in [2.45, 2.75) is 0 Å². The number of hydrogen-bond donors (Lipinski definition) is 1. The fraction of sp³-hybridized carbons (Fsp3) is 0. The van der Waals surface area contributed by atoms with Crippen molar-refractivity contribution in [2.75, 3.05) is 10.2 Å². The molecule has 0 unspecified atom stereocenters. The topological polar surface area (TPSA) is 123 Å². The Morgan fingerprint density at radius 1 is 1.11 bits per heavy atom. The van der Waals surface area contributed by atoms with Gasteiger partial charge in [-0.2, -0.15) is 0 Å². The van der Waals surface area contributed by atoms with Gasteiger partial charge in [0.05, 0.1) is 27.3 Å². The second kappa shape index (κ2) is 6.67. The Kier molecular flexibility index (Phi) is 4.17. The first-order valence-corrected chi connectivity index (χ1v) is 8.82. The minimum absolute atomic E-state index is 0.0470. The normalized spacial score (nSPS) is 12.8. The molecule has 0 atom stereocenters. The van der Waals surface area contributed by atoms with Crippen LogP contribution in [0.2, 0.25) is 0 Å². The van der Waals surface area contributed by atoms with Gasteiger partial charge in [-0.05, 0) is 18.2 Å². The highest BCUT2D eigenvalue weighted by molar-refractivity contribution is 7.13. The van der Waals surface area contributed by atoms with Crippen molar-refractivity contribution in [2.24, 2.45) is 0 Å². The van der Waals surface area contributed by atoms with E-state index in [0.717, 1.165) is 17.0 Å². The van der Waals surface area contributed by atoms with Crippen molar-refractivity contribution in [1.29, 1.82) is 0 Å². The van der Waals surface area contributed by atoms with E-state index in [1.54, 1.807) is 17.5 Å². The van der Waals surface area contributed by atoms with Gasteiger partial charge in [-0.15, -0.1) is 11.3 Å². The predicted molar refractivity (Wildman–Crippen MR) is 101 cm³/mol. The molecule has 0 saturated carbocycles. The Hall–Kier alpha value is -3.92. The fourth-order valence-electron chi connectivity index (χ4n) is 2.87. The number of nitro benzene ring substituents is 1. The van der Waals surface area contributed by atoms with E-state index in [1.807, 2.05) is 0 Å². The summed E-state index contributed by atoms with van der Waals surface area (Å²) in [4.78, 5) is 53.4. The third-order valence-electron chi connectivity index (χ3n) is 4.12. The number of anilines is 2. The number of amides is 3. The van der Waals surface area contributed by atoms with E-state index in [1.165, 1.54) is 35.7 Å². The number of para-hydroxylation sites is 1. The van der Waals surface area contributed by atoms with Crippen molar-refractivity contribution >= 4 is 45.6 Å². The lowest BCUT2D eigenvalue weighted by Gasteiger charge is -2.17. The number of hydrogen-bond acceptors (Lipinski definition) is 7. The van der Waals surface area contributed by atoms with E-state index in [2.05, 4.69) is 10.3 Å². The Bertz CT molecular complexity index is 1140. The zero-order chi connectivity index (χ0) is 19.8. The van der Waals surface area contributed by atoms with E-state index >= 15 is 0 Å². The van der Waals surface area contributed by atoms with Crippen LogP contribution >= 0.6 is 11.3 Å². The molecule has 3 aromatic rings. The predicted octanol–water partition coefficient (Wildman–Crippen LogP) is 3.10. The summed E-state index contributed by atoms with van der Waals surface area (Å²) in [5.74, 6) is -1.91. The van der Waals surface area contributed by atoms with Crippen molar-refractivity contribution < 1.29 is 19.3 Å². The summed E-state index contributed by atoms with van der Waals surface area (Å²) in [6.07, 6.45) is 1.53. The summed E-state index contributed by atoms with van der Waals surface area (Å²) < 4.78 is 0. The van der Waals surface area contributed by atoms with Crippen molar-refractivity contribution in [1.82, 2.24) is 4.98 Å². The van der Waals surface area contributed by atoms with Gasteiger partial charge >= 0.3 is 0 Å². The molecule has 4 rings (SSSR count). The number of carbonyl (C=O) groups is 3. The maximum Gasteiger partial charge on any atom is 0.270 e. The molecule has 0 radical (unpaired) electrons. The lowest BCUT2D eigenvalue weighted by atomic mass is 10.1. The molecule has 1 aromatic heterocycles. The Balaban J connectivity index is 1.74. The number of thiazole rings is 1. The van der Waals surface area contributed by atoms with E-state index < -0.39 is 22.6 Å². The van der Waals surface area contributed by atoms with Crippen LogP contribution in [0.15, 0.2) is 54.0 Å². The Morgan fingerprint density at radius 3 is 2.57 bits per heavy atom. The van der Waals surface area contributed by atoms with Gasteiger partial charge in [0.2, 0.25) is 0 Å². The molecular formula is C18H10N4O5S.